The maximum atomic E-state index is 12.2. The van der Waals surface area contributed by atoms with Gasteiger partial charge in [-0.05, 0) is 52.2 Å². The number of furan rings is 1. The van der Waals surface area contributed by atoms with Gasteiger partial charge in [-0.25, -0.2) is 0 Å². The van der Waals surface area contributed by atoms with Crippen molar-refractivity contribution >= 4 is 21.8 Å². The van der Waals surface area contributed by atoms with Crippen molar-refractivity contribution < 1.29 is 14.3 Å². The number of nitrogens with zero attached hydrogens (tertiary/aromatic N) is 1. The van der Waals surface area contributed by atoms with E-state index in [2.05, 4.69) is 15.9 Å². The zero-order valence-electron chi connectivity index (χ0n) is 11.6. The molecule has 3 N–H and O–H groups in total. The lowest BCUT2D eigenvalue weighted by Gasteiger charge is -2.20. The van der Waals surface area contributed by atoms with E-state index in [1.165, 1.54) is 4.90 Å². The van der Waals surface area contributed by atoms with Gasteiger partial charge >= 0.3 is 0 Å². The van der Waals surface area contributed by atoms with Crippen LogP contribution in [0.5, 0.6) is 5.75 Å². The smallest absolute Gasteiger partial charge is 0.239 e. The molecular formula is C15H17BrN2O3. The average molecular weight is 353 g/mol. The molecule has 0 radical (unpaired) electrons. The summed E-state index contributed by atoms with van der Waals surface area (Å²) in [6, 6.07) is 9.63. The number of benzene rings is 1. The standard InChI is InChI=1S/C15H17BrN2O3/c1-18(9-12-6-7-14(16)21-12)15(20)13(17)8-10-2-4-11(19)5-3-10/h2-7,13,19H,8-9,17H2,1H3/t13-/m1/s1. The summed E-state index contributed by atoms with van der Waals surface area (Å²) in [5.41, 5.74) is 6.86. The number of carbonyl (C=O) groups excluding carboxylic acids is 1. The molecule has 1 heterocycles. The van der Waals surface area contributed by atoms with E-state index in [1.54, 1.807) is 43.4 Å². The van der Waals surface area contributed by atoms with E-state index >= 15 is 0 Å². The molecule has 6 heteroatoms. The Bertz CT molecular complexity index is 610. The highest BCUT2D eigenvalue weighted by molar-refractivity contribution is 9.10. The van der Waals surface area contributed by atoms with Crippen molar-refractivity contribution in [1.82, 2.24) is 4.90 Å². The Balaban J connectivity index is 1.93. The summed E-state index contributed by atoms with van der Waals surface area (Å²) >= 11 is 3.22. The first-order valence-corrected chi connectivity index (χ1v) is 7.27. The number of aromatic hydroxyl groups is 1. The predicted molar refractivity (Wildman–Crippen MR) is 82.7 cm³/mol. The van der Waals surface area contributed by atoms with Crippen molar-refractivity contribution in [3.05, 3.63) is 52.4 Å². The lowest BCUT2D eigenvalue weighted by Crippen LogP contribution is -2.42. The minimum absolute atomic E-state index is 0.157. The van der Waals surface area contributed by atoms with E-state index in [1.807, 2.05) is 0 Å². The lowest BCUT2D eigenvalue weighted by atomic mass is 10.1. The van der Waals surface area contributed by atoms with Crippen LogP contribution in [0, 0.1) is 0 Å². The molecule has 1 aromatic carbocycles. The quantitative estimate of drug-likeness (QED) is 0.864. The summed E-state index contributed by atoms with van der Waals surface area (Å²) in [7, 11) is 1.69. The Labute approximate surface area is 131 Å². The van der Waals surface area contributed by atoms with Gasteiger partial charge in [0.25, 0.3) is 0 Å². The van der Waals surface area contributed by atoms with Crippen molar-refractivity contribution in [2.24, 2.45) is 5.73 Å². The summed E-state index contributed by atoms with van der Waals surface area (Å²) in [6.45, 7) is 0.369. The number of carbonyl (C=O) groups is 1. The molecule has 0 fully saturated rings. The summed E-state index contributed by atoms with van der Waals surface area (Å²) in [5.74, 6) is 0.726. The molecule has 2 rings (SSSR count). The minimum Gasteiger partial charge on any atom is -0.508 e. The molecule has 1 aromatic heterocycles. The van der Waals surface area contributed by atoms with Gasteiger partial charge in [-0.2, -0.15) is 0 Å². The number of phenolic OH excluding ortho intramolecular Hbond substituents is 1. The van der Waals surface area contributed by atoms with Gasteiger partial charge in [0.15, 0.2) is 4.67 Å². The molecule has 0 aliphatic heterocycles. The van der Waals surface area contributed by atoms with E-state index < -0.39 is 6.04 Å². The first kappa shape index (κ1) is 15.6. The first-order chi connectivity index (χ1) is 9.95. The molecule has 1 amide bonds. The summed E-state index contributed by atoms with van der Waals surface area (Å²) in [6.07, 6.45) is 0.422. The number of phenols is 1. The number of hydrogen-bond acceptors (Lipinski definition) is 4. The number of hydrogen-bond donors (Lipinski definition) is 2. The minimum atomic E-state index is -0.627. The Kier molecular flexibility index (Phi) is 5.03. The maximum absolute atomic E-state index is 12.2. The summed E-state index contributed by atoms with van der Waals surface area (Å²) in [4.78, 5) is 13.8. The zero-order valence-corrected chi connectivity index (χ0v) is 13.2. The van der Waals surface area contributed by atoms with Gasteiger partial charge in [0, 0.05) is 7.05 Å². The van der Waals surface area contributed by atoms with Crippen LogP contribution in [-0.4, -0.2) is 29.0 Å². The molecule has 0 aliphatic carbocycles. The van der Waals surface area contributed by atoms with Crippen molar-refractivity contribution in [2.75, 3.05) is 7.05 Å². The molecule has 0 saturated carbocycles. The largest absolute Gasteiger partial charge is 0.508 e. The Morgan fingerprint density at radius 2 is 2.00 bits per heavy atom. The third-order valence-electron chi connectivity index (χ3n) is 3.11. The zero-order chi connectivity index (χ0) is 15.4. The SMILES string of the molecule is CN(Cc1ccc(Br)o1)C(=O)[C@H](N)Cc1ccc(O)cc1. The van der Waals surface area contributed by atoms with Crippen LogP contribution in [0.2, 0.25) is 0 Å². The van der Waals surface area contributed by atoms with E-state index in [0.717, 1.165) is 5.56 Å². The fourth-order valence-electron chi connectivity index (χ4n) is 2.00. The molecule has 0 spiro atoms. The van der Waals surface area contributed by atoms with Crippen LogP contribution in [0.25, 0.3) is 0 Å². The normalized spacial score (nSPS) is 12.1. The number of nitrogens with two attached hydrogens (primary N) is 1. The lowest BCUT2D eigenvalue weighted by molar-refractivity contribution is -0.132. The van der Waals surface area contributed by atoms with Crippen molar-refractivity contribution in [3.8, 4) is 5.75 Å². The van der Waals surface area contributed by atoms with Gasteiger partial charge in [0.1, 0.15) is 11.5 Å². The maximum Gasteiger partial charge on any atom is 0.239 e. The third kappa shape index (κ3) is 4.34. The van der Waals surface area contributed by atoms with Crippen LogP contribution >= 0.6 is 15.9 Å². The van der Waals surface area contributed by atoms with Gasteiger partial charge in [0.05, 0.1) is 12.6 Å². The van der Waals surface area contributed by atoms with Crippen LogP contribution in [0.15, 0.2) is 45.5 Å². The van der Waals surface area contributed by atoms with E-state index in [9.17, 15) is 9.90 Å². The number of amides is 1. The topological polar surface area (TPSA) is 79.7 Å². The number of rotatable bonds is 5. The van der Waals surface area contributed by atoms with Gasteiger partial charge < -0.3 is 20.2 Å². The van der Waals surface area contributed by atoms with Crippen LogP contribution in [0.4, 0.5) is 0 Å². The second-order valence-corrected chi connectivity index (χ2v) is 5.66. The van der Waals surface area contributed by atoms with Gasteiger partial charge in [0.2, 0.25) is 5.91 Å². The Hall–Kier alpha value is -1.79. The average Bonchev–Trinajstić information content (AvgIpc) is 2.85. The molecule has 0 bridgehead atoms. The Morgan fingerprint density at radius 1 is 1.33 bits per heavy atom. The van der Waals surface area contributed by atoms with Gasteiger partial charge in [-0.1, -0.05) is 12.1 Å². The number of halogens is 1. The molecule has 112 valence electrons. The summed E-state index contributed by atoms with van der Waals surface area (Å²) in [5, 5.41) is 9.23. The molecule has 0 unspecified atom stereocenters. The second-order valence-electron chi connectivity index (χ2n) is 4.88. The van der Waals surface area contributed by atoms with Crippen molar-refractivity contribution in [2.45, 2.75) is 19.0 Å². The Morgan fingerprint density at radius 3 is 2.57 bits per heavy atom. The van der Waals surface area contributed by atoms with E-state index in [4.69, 9.17) is 10.2 Å². The van der Waals surface area contributed by atoms with Crippen LogP contribution in [-0.2, 0) is 17.8 Å². The first-order valence-electron chi connectivity index (χ1n) is 6.48. The predicted octanol–water partition coefficient (Wildman–Crippen LogP) is 2.28. The monoisotopic (exact) mass is 352 g/mol. The highest BCUT2D eigenvalue weighted by Gasteiger charge is 2.19. The highest BCUT2D eigenvalue weighted by Crippen LogP contribution is 2.16. The van der Waals surface area contributed by atoms with Gasteiger partial charge in [-0.3, -0.25) is 4.79 Å². The molecule has 2 aromatic rings. The van der Waals surface area contributed by atoms with Crippen LogP contribution in [0.3, 0.4) is 0 Å². The van der Waals surface area contributed by atoms with E-state index in [0.29, 0.717) is 23.4 Å². The fourth-order valence-corrected chi connectivity index (χ4v) is 2.34. The van der Waals surface area contributed by atoms with Crippen LogP contribution in [0.1, 0.15) is 11.3 Å². The van der Waals surface area contributed by atoms with Crippen molar-refractivity contribution in [1.29, 1.82) is 0 Å². The van der Waals surface area contributed by atoms with Crippen LogP contribution < -0.4 is 5.73 Å². The third-order valence-corrected chi connectivity index (χ3v) is 3.53. The second kappa shape index (κ2) is 6.78. The fraction of sp³-hybridized carbons (Fsp3) is 0.267. The molecule has 21 heavy (non-hydrogen) atoms. The molecule has 1 atom stereocenters. The summed E-state index contributed by atoms with van der Waals surface area (Å²) < 4.78 is 6.00. The molecule has 0 aliphatic rings. The van der Waals surface area contributed by atoms with E-state index in [-0.39, 0.29) is 11.7 Å². The molecular weight excluding hydrogens is 336 g/mol. The number of likely N-dealkylation sites (N-methyl/N-ethyl adjacent to an activating group) is 1. The highest BCUT2D eigenvalue weighted by atomic mass is 79.9. The van der Waals surface area contributed by atoms with Gasteiger partial charge in [-0.15, -0.1) is 0 Å². The molecule has 0 saturated heterocycles. The molecule has 5 nitrogen and oxygen atoms in total. The van der Waals surface area contributed by atoms with Crippen molar-refractivity contribution in [3.63, 3.8) is 0 Å².